The number of aromatic amines is 1. The number of anilines is 1. The van der Waals surface area contributed by atoms with E-state index < -0.39 is 23.2 Å². The third-order valence-corrected chi connectivity index (χ3v) is 5.71. The van der Waals surface area contributed by atoms with Crippen molar-refractivity contribution in [3.05, 3.63) is 63.3 Å². The largest absolute Gasteiger partial charge is 0.490 e. The number of benzene rings is 2. The quantitative estimate of drug-likeness (QED) is 0.610. The molecule has 1 aromatic heterocycles. The average Bonchev–Trinajstić information content (AvgIpc) is 3.01. The van der Waals surface area contributed by atoms with Crippen molar-refractivity contribution in [3.63, 3.8) is 0 Å². The van der Waals surface area contributed by atoms with Crippen molar-refractivity contribution in [3.8, 4) is 11.5 Å². The molecule has 8 nitrogen and oxygen atoms in total. The molecule has 2 heterocycles. The normalized spacial score (nSPS) is 14.1. The smallest absolute Gasteiger partial charge is 0.329 e. The lowest BCUT2D eigenvalue weighted by molar-refractivity contribution is -0.119. The summed E-state index contributed by atoms with van der Waals surface area (Å²) in [6.07, 6.45) is 3.02. The van der Waals surface area contributed by atoms with Crippen molar-refractivity contribution >= 4 is 34.3 Å². The molecule has 1 aliphatic heterocycles. The molecule has 3 aromatic rings. The van der Waals surface area contributed by atoms with Gasteiger partial charge in [-0.05, 0) is 42.7 Å². The van der Waals surface area contributed by atoms with Crippen molar-refractivity contribution in [2.45, 2.75) is 18.9 Å². The fourth-order valence-corrected chi connectivity index (χ4v) is 3.99. The molecule has 0 saturated heterocycles. The summed E-state index contributed by atoms with van der Waals surface area (Å²) in [4.78, 5) is 41.7. The number of carbonyl (C=O) groups is 1. The molecule has 1 unspecified atom stereocenters. The van der Waals surface area contributed by atoms with Gasteiger partial charge in [0.1, 0.15) is 6.04 Å². The van der Waals surface area contributed by atoms with Crippen LogP contribution in [-0.2, 0) is 4.79 Å². The summed E-state index contributed by atoms with van der Waals surface area (Å²) < 4.78 is 12.3. The number of nitrogens with one attached hydrogen (secondary N) is 2. The zero-order chi connectivity index (χ0) is 21.8. The topological polar surface area (TPSA) is 102 Å². The number of carbonyl (C=O) groups excluding carboxylic acids is 1. The van der Waals surface area contributed by atoms with Gasteiger partial charge in [0, 0.05) is 18.2 Å². The molecule has 0 aliphatic carbocycles. The number of rotatable bonds is 6. The summed E-state index contributed by atoms with van der Waals surface area (Å²) in [5.41, 5.74) is -0.141. The third-order valence-electron chi connectivity index (χ3n) is 5.06. The Morgan fingerprint density at radius 2 is 1.94 bits per heavy atom. The second kappa shape index (κ2) is 9.30. The number of hydrogen-bond donors (Lipinski definition) is 2. The highest BCUT2D eigenvalue weighted by Crippen LogP contribution is 2.32. The van der Waals surface area contributed by atoms with E-state index in [0.29, 0.717) is 53.5 Å². The number of fused-ring (bicyclic) bond motifs is 2. The molecule has 31 heavy (non-hydrogen) atoms. The van der Waals surface area contributed by atoms with Gasteiger partial charge in [0.15, 0.2) is 11.5 Å². The fourth-order valence-electron chi connectivity index (χ4n) is 3.53. The maximum absolute atomic E-state index is 13.2. The Bertz CT molecular complexity index is 1220. The van der Waals surface area contributed by atoms with Crippen LogP contribution in [0, 0.1) is 0 Å². The van der Waals surface area contributed by atoms with E-state index in [9.17, 15) is 14.4 Å². The van der Waals surface area contributed by atoms with Crippen LogP contribution in [-0.4, -0.2) is 40.7 Å². The number of aromatic nitrogens is 2. The van der Waals surface area contributed by atoms with Gasteiger partial charge in [0.05, 0.1) is 24.1 Å². The SMILES string of the molecule is CSCCC(C(=O)Nc1ccc2c(c1)OCCCO2)n1c(=O)[nH]c2ccccc2c1=O. The second-order valence-corrected chi connectivity index (χ2v) is 8.14. The van der Waals surface area contributed by atoms with Gasteiger partial charge in [-0.2, -0.15) is 11.8 Å². The summed E-state index contributed by atoms with van der Waals surface area (Å²) >= 11 is 1.54. The van der Waals surface area contributed by atoms with E-state index in [4.69, 9.17) is 9.47 Å². The minimum Gasteiger partial charge on any atom is -0.490 e. The van der Waals surface area contributed by atoms with Crippen LogP contribution in [0.25, 0.3) is 10.9 Å². The van der Waals surface area contributed by atoms with Gasteiger partial charge < -0.3 is 19.8 Å². The zero-order valence-corrected chi connectivity index (χ0v) is 17.9. The van der Waals surface area contributed by atoms with E-state index in [0.717, 1.165) is 11.0 Å². The van der Waals surface area contributed by atoms with Gasteiger partial charge in [-0.1, -0.05) is 12.1 Å². The third kappa shape index (κ3) is 4.46. The number of H-pyrrole nitrogens is 1. The Hall–Kier alpha value is -3.20. The summed E-state index contributed by atoms with van der Waals surface area (Å²) in [5, 5.41) is 3.19. The molecule has 0 fully saturated rings. The van der Waals surface area contributed by atoms with Crippen molar-refractivity contribution in [2.24, 2.45) is 0 Å². The average molecular weight is 442 g/mol. The highest BCUT2D eigenvalue weighted by Gasteiger charge is 2.25. The van der Waals surface area contributed by atoms with Gasteiger partial charge in [-0.25, -0.2) is 9.36 Å². The van der Waals surface area contributed by atoms with Crippen molar-refractivity contribution in [1.82, 2.24) is 9.55 Å². The van der Waals surface area contributed by atoms with Crippen LogP contribution < -0.4 is 26.0 Å². The molecule has 1 atom stereocenters. The van der Waals surface area contributed by atoms with Crippen molar-refractivity contribution in [1.29, 1.82) is 0 Å². The number of nitrogens with zero attached hydrogens (tertiary/aromatic N) is 1. The molecule has 2 aromatic carbocycles. The molecule has 0 bridgehead atoms. The lowest BCUT2D eigenvalue weighted by atomic mass is 10.1. The molecule has 1 aliphatic rings. The lowest BCUT2D eigenvalue weighted by Crippen LogP contribution is -2.43. The molecule has 2 N–H and O–H groups in total. The molecule has 0 radical (unpaired) electrons. The van der Waals surface area contributed by atoms with Gasteiger partial charge in [-0.15, -0.1) is 0 Å². The number of thioether (sulfide) groups is 1. The molecule has 9 heteroatoms. The predicted molar refractivity (Wildman–Crippen MR) is 122 cm³/mol. The Morgan fingerprint density at radius 3 is 2.74 bits per heavy atom. The Kier molecular flexibility index (Phi) is 6.31. The van der Waals surface area contributed by atoms with E-state index in [2.05, 4.69) is 10.3 Å². The molecule has 0 saturated carbocycles. The first kappa shape index (κ1) is 21.0. The molecular weight excluding hydrogens is 418 g/mol. The number of amides is 1. The van der Waals surface area contributed by atoms with Gasteiger partial charge >= 0.3 is 5.69 Å². The Balaban J connectivity index is 1.68. The van der Waals surface area contributed by atoms with Crippen molar-refractivity contribution in [2.75, 3.05) is 30.5 Å². The van der Waals surface area contributed by atoms with Gasteiger partial charge in [-0.3, -0.25) is 9.59 Å². The predicted octanol–water partition coefficient (Wildman–Crippen LogP) is 2.78. The molecule has 162 valence electrons. The summed E-state index contributed by atoms with van der Waals surface area (Å²) in [5.74, 6) is 1.34. The van der Waals surface area contributed by atoms with Crippen LogP contribution in [0.5, 0.6) is 11.5 Å². The summed E-state index contributed by atoms with van der Waals surface area (Å²) in [7, 11) is 0. The van der Waals surface area contributed by atoms with E-state index in [1.165, 1.54) is 0 Å². The molecule has 1 amide bonds. The fraction of sp³-hybridized carbons (Fsp3) is 0.318. The minimum absolute atomic E-state index is 0.332. The zero-order valence-electron chi connectivity index (χ0n) is 17.1. The van der Waals surface area contributed by atoms with E-state index in [1.54, 1.807) is 54.2 Å². The summed E-state index contributed by atoms with van der Waals surface area (Å²) in [6, 6.07) is 11.0. The minimum atomic E-state index is -0.954. The first-order valence-corrected chi connectivity index (χ1v) is 11.4. The monoisotopic (exact) mass is 441 g/mol. The van der Waals surface area contributed by atoms with Gasteiger partial charge in [0.25, 0.3) is 5.56 Å². The molecular formula is C22H23N3O5S. The van der Waals surface area contributed by atoms with Crippen LogP contribution in [0.1, 0.15) is 18.9 Å². The number of para-hydroxylation sites is 1. The van der Waals surface area contributed by atoms with Crippen LogP contribution in [0.4, 0.5) is 5.69 Å². The van der Waals surface area contributed by atoms with E-state index in [-0.39, 0.29) is 0 Å². The van der Waals surface area contributed by atoms with Crippen molar-refractivity contribution < 1.29 is 14.3 Å². The highest BCUT2D eigenvalue weighted by atomic mass is 32.2. The Morgan fingerprint density at radius 1 is 1.16 bits per heavy atom. The maximum atomic E-state index is 13.2. The van der Waals surface area contributed by atoms with E-state index in [1.807, 2.05) is 6.26 Å². The van der Waals surface area contributed by atoms with Crippen LogP contribution in [0.15, 0.2) is 52.1 Å². The Labute approximate surface area is 182 Å². The number of hydrogen-bond acceptors (Lipinski definition) is 6. The standard InChI is InChI=1S/C22H23N3O5S/c1-31-12-9-17(25-21(27)15-5-2-3-6-16(15)24-22(25)28)20(26)23-14-7-8-18-19(13-14)30-11-4-10-29-18/h2-3,5-8,13,17H,4,9-12H2,1H3,(H,23,26)(H,24,28). The van der Waals surface area contributed by atoms with Crippen LogP contribution in [0.3, 0.4) is 0 Å². The van der Waals surface area contributed by atoms with Crippen LogP contribution in [0.2, 0.25) is 0 Å². The molecule has 4 rings (SSSR count). The number of ether oxygens (including phenoxy) is 2. The van der Waals surface area contributed by atoms with E-state index >= 15 is 0 Å². The highest BCUT2D eigenvalue weighted by molar-refractivity contribution is 7.98. The van der Waals surface area contributed by atoms with Gasteiger partial charge in [0.2, 0.25) is 5.91 Å². The van der Waals surface area contributed by atoms with Crippen LogP contribution >= 0.6 is 11.8 Å². The molecule has 0 spiro atoms. The lowest BCUT2D eigenvalue weighted by Gasteiger charge is -2.19. The maximum Gasteiger partial charge on any atom is 0.329 e. The second-order valence-electron chi connectivity index (χ2n) is 7.15. The first-order chi connectivity index (χ1) is 15.1. The first-order valence-electron chi connectivity index (χ1n) is 10.0. The summed E-state index contributed by atoms with van der Waals surface area (Å²) in [6.45, 7) is 1.10.